The van der Waals surface area contributed by atoms with Crippen molar-refractivity contribution in [3.05, 3.63) is 47.0 Å². The number of halogens is 1. The Morgan fingerprint density at radius 1 is 1.06 bits per heavy atom. The van der Waals surface area contributed by atoms with Gasteiger partial charge < -0.3 is 10.5 Å². The van der Waals surface area contributed by atoms with Crippen molar-refractivity contribution in [2.45, 2.75) is 6.61 Å². The highest BCUT2D eigenvalue weighted by atomic mass is 35.5. The third-order valence-corrected chi connectivity index (χ3v) is 2.21. The van der Waals surface area contributed by atoms with Gasteiger partial charge in [-0.3, -0.25) is 0 Å². The van der Waals surface area contributed by atoms with Gasteiger partial charge >= 0.3 is 0 Å². The lowest BCUT2D eigenvalue weighted by atomic mass is 10.2. The summed E-state index contributed by atoms with van der Waals surface area (Å²) >= 11 is 5.77. The number of aromatic nitrogens is 2. The maximum absolute atomic E-state index is 5.77. The average Bonchev–Trinajstić information content (AvgIpc) is 2.30. The lowest BCUT2D eigenvalue weighted by Gasteiger charge is -2.04. The van der Waals surface area contributed by atoms with E-state index in [4.69, 9.17) is 22.1 Å². The molecule has 16 heavy (non-hydrogen) atoms. The zero-order chi connectivity index (χ0) is 11.4. The minimum atomic E-state index is 0.374. The van der Waals surface area contributed by atoms with Gasteiger partial charge in [0.05, 0.1) is 0 Å². The molecule has 0 fully saturated rings. The number of anilines is 1. The molecule has 1 aromatic carbocycles. The minimum Gasteiger partial charge on any atom is -0.472 e. The predicted octanol–water partition coefficient (Wildman–Crippen LogP) is 2.29. The zero-order valence-corrected chi connectivity index (χ0v) is 9.19. The normalized spacial score (nSPS) is 10.1. The number of nitrogens with zero attached hydrogens (tertiary/aromatic N) is 2. The van der Waals surface area contributed by atoms with Crippen LogP contribution < -0.4 is 10.5 Å². The number of hydrogen-bond acceptors (Lipinski definition) is 4. The van der Waals surface area contributed by atoms with E-state index in [0.717, 1.165) is 5.56 Å². The Kier molecular flexibility index (Phi) is 3.22. The molecule has 0 aliphatic rings. The molecule has 0 unspecified atom stereocenters. The third-order valence-electron chi connectivity index (χ3n) is 1.96. The van der Waals surface area contributed by atoms with Crippen molar-refractivity contribution < 1.29 is 4.74 Å². The summed E-state index contributed by atoms with van der Waals surface area (Å²) in [5, 5.41) is 8.18. The second-order valence-corrected chi connectivity index (χ2v) is 3.65. The van der Waals surface area contributed by atoms with E-state index in [2.05, 4.69) is 10.2 Å². The first-order chi connectivity index (χ1) is 7.74. The van der Waals surface area contributed by atoms with Gasteiger partial charge in [-0.2, -0.15) is 0 Å². The maximum Gasteiger partial charge on any atom is 0.233 e. The summed E-state index contributed by atoms with van der Waals surface area (Å²) in [7, 11) is 0. The summed E-state index contributed by atoms with van der Waals surface area (Å²) in [5.41, 5.74) is 6.42. The summed E-state index contributed by atoms with van der Waals surface area (Å²) < 4.78 is 5.41. The van der Waals surface area contributed by atoms with E-state index in [9.17, 15) is 0 Å². The fourth-order valence-electron chi connectivity index (χ4n) is 1.15. The first-order valence-corrected chi connectivity index (χ1v) is 5.08. The smallest absolute Gasteiger partial charge is 0.233 e. The van der Waals surface area contributed by atoms with Crippen molar-refractivity contribution in [2.75, 3.05) is 5.73 Å². The molecule has 0 atom stereocenters. The van der Waals surface area contributed by atoms with Crippen molar-refractivity contribution in [3.8, 4) is 5.88 Å². The van der Waals surface area contributed by atoms with Gasteiger partial charge in [-0.1, -0.05) is 23.7 Å². The summed E-state index contributed by atoms with van der Waals surface area (Å²) in [6, 6.07) is 10.7. The molecule has 0 radical (unpaired) electrons. The van der Waals surface area contributed by atoms with Crippen LogP contribution in [0.15, 0.2) is 36.4 Å². The predicted molar refractivity (Wildman–Crippen MR) is 62.2 cm³/mol. The highest BCUT2D eigenvalue weighted by Gasteiger charge is 1.98. The summed E-state index contributed by atoms with van der Waals surface area (Å²) in [6.07, 6.45) is 0. The van der Waals surface area contributed by atoms with Crippen molar-refractivity contribution in [3.63, 3.8) is 0 Å². The molecule has 0 saturated heterocycles. The first-order valence-electron chi connectivity index (χ1n) is 4.70. The van der Waals surface area contributed by atoms with Crippen molar-refractivity contribution >= 4 is 17.4 Å². The van der Waals surface area contributed by atoms with Crippen molar-refractivity contribution in [2.24, 2.45) is 0 Å². The van der Waals surface area contributed by atoms with Gasteiger partial charge in [0.2, 0.25) is 5.88 Å². The van der Waals surface area contributed by atoms with Gasteiger partial charge in [-0.05, 0) is 23.8 Å². The monoisotopic (exact) mass is 235 g/mol. The topological polar surface area (TPSA) is 61.0 Å². The number of nitrogens with two attached hydrogens (primary N) is 1. The van der Waals surface area contributed by atoms with Gasteiger partial charge in [0, 0.05) is 11.1 Å². The van der Waals surface area contributed by atoms with Crippen LogP contribution in [-0.2, 0) is 6.61 Å². The maximum atomic E-state index is 5.77. The van der Waals surface area contributed by atoms with Crippen LogP contribution in [0.3, 0.4) is 0 Å². The van der Waals surface area contributed by atoms with Gasteiger partial charge in [0.15, 0.2) is 0 Å². The SMILES string of the molecule is Nc1ccc(OCc2ccc(Cl)cc2)nn1. The zero-order valence-electron chi connectivity index (χ0n) is 8.43. The molecule has 4 nitrogen and oxygen atoms in total. The second-order valence-electron chi connectivity index (χ2n) is 3.21. The second kappa shape index (κ2) is 4.81. The Morgan fingerprint density at radius 2 is 1.81 bits per heavy atom. The fraction of sp³-hybridized carbons (Fsp3) is 0.0909. The Balaban J connectivity index is 1.97. The van der Waals surface area contributed by atoms with Crippen LogP contribution in [-0.4, -0.2) is 10.2 Å². The first kappa shape index (κ1) is 10.7. The van der Waals surface area contributed by atoms with Crippen LogP contribution in [0.25, 0.3) is 0 Å². The van der Waals surface area contributed by atoms with Crippen LogP contribution in [0, 0.1) is 0 Å². The molecule has 2 rings (SSSR count). The molecule has 82 valence electrons. The van der Waals surface area contributed by atoms with E-state index in [1.165, 1.54) is 0 Å². The largest absolute Gasteiger partial charge is 0.472 e. The molecule has 2 aromatic rings. The van der Waals surface area contributed by atoms with Gasteiger partial charge in [-0.15, -0.1) is 10.2 Å². The number of nitrogen functional groups attached to an aromatic ring is 1. The molecule has 0 amide bonds. The van der Waals surface area contributed by atoms with Crippen LogP contribution in [0.1, 0.15) is 5.56 Å². The minimum absolute atomic E-state index is 0.374. The van der Waals surface area contributed by atoms with Crippen molar-refractivity contribution in [1.29, 1.82) is 0 Å². The molecular weight excluding hydrogens is 226 g/mol. The summed E-state index contributed by atoms with van der Waals surface area (Å²) in [6.45, 7) is 0.426. The molecule has 0 spiro atoms. The quantitative estimate of drug-likeness (QED) is 0.887. The Bertz CT molecular complexity index is 410. The molecule has 0 aliphatic heterocycles. The molecule has 1 heterocycles. The summed E-state index contributed by atoms with van der Waals surface area (Å²) in [5.74, 6) is 0.822. The van der Waals surface area contributed by atoms with E-state index in [1.807, 2.05) is 24.3 Å². The Hall–Kier alpha value is -1.81. The molecular formula is C11H10ClN3O. The molecule has 0 bridgehead atoms. The van der Waals surface area contributed by atoms with E-state index < -0.39 is 0 Å². The third kappa shape index (κ3) is 2.84. The van der Waals surface area contributed by atoms with E-state index in [0.29, 0.717) is 23.3 Å². The van der Waals surface area contributed by atoms with Crippen molar-refractivity contribution in [1.82, 2.24) is 10.2 Å². The van der Waals surface area contributed by atoms with Crippen LogP contribution in [0.5, 0.6) is 5.88 Å². The molecule has 2 N–H and O–H groups in total. The number of hydrogen-bond donors (Lipinski definition) is 1. The highest BCUT2D eigenvalue weighted by Crippen LogP contribution is 2.12. The van der Waals surface area contributed by atoms with E-state index in [1.54, 1.807) is 12.1 Å². The number of rotatable bonds is 3. The fourth-order valence-corrected chi connectivity index (χ4v) is 1.27. The Morgan fingerprint density at radius 3 is 2.44 bits per heavy atom. The van der Waals surface area contributed by atoms with Gasteiger partial charge in [-0.25, -0.2) is 0 Å². The van der Waals surface area contributed by atoms with Crippen LogP contribution in [0.4, 0.5) is 5.82 Å². The van der Waals surface area contributed by atoms with Crippen LogP contribution >= 0.6 is 11.6 Å². The number of ether oxygens (including phenoxy) is 1. The molecule has 5 heteroatoms. The highest BCUT2D eigenvalue weighted by molar-refractivity contribution is 6.30. The van der Waals surface area contributed by atoms with E-state index >= 15 is 0 Å². The number of benzene rings is 1. The van der Waals surface area contributed by atoms with Gasteiger partial charge in [0.25, 0.3) is 0 Å². The van der Waals surface area contributed by atoms with Crippen LogP contribution in [0.2, 0.25) is 5.02 Å². The molecule has 0 saturated carbocycles. The van der Waals surface area contributed by atoms with Gasteiger partial charge in [0.1, 0.15) is 12.4 Å². The van der Waals surface area contributed by atoms with E-state index in [-0.39, 0.29) is 0 Å². The lowest BCUT2D eigenvalue weighted by molar-refractivity contribution is 0.290. The Labute approximate surface area is 98.0 Å². The summed E-state index contributed by atoms with van der Waals surface area (Å²) in [4.78, 5) is 0. The standard InChI is InChI=1S/C11H10ClN3O/c12-9-3-1-8(2-4-9)7-16-11-6-5-10(13)14-15-11/h1-6H,7H2,(H2,13,14). The molecule has 1 aromatic heterocycles. The molecule has 0 aliphatic carbocycles. The lowest BCUT2D eigenvalue weighted by Crippen LogP contribution is -1.99. The average molecular weight is 236 g/mol.